The van der Waals surface area contributed by atoms with Crippen molar-refractivity contribution in [3.05, 3.63) is 28.9 Å². The minimum absolute atomic E-state index is 0.861. The maximum Gasteiger partial charge on any atom is 0.159 e. The van der Waals surface area contributed by atoms with Gasteiger partial charge in [-0.15, -0.1) is 5.10 Å². The zero-order chi connectivity index (χ0) is 14.2. The van der Waals surface area contributed by atoms with Crippen LogP contribution < -0.4 is 4.90 Å². The summed E-state index contributed by atoms with van der Waals surface area (Å²) in [7, 11) is 0. The molecular formula is C17H20BrN3. The van der Waals surface area contributed by atoms with Gasteiger partial charge in [-0.3, -0.25) is 0 Å². The minimum atomic E-state index is 0.861. The lowest BCUT2D eigenvalue weighted by atomic mass is 9.75. The molecule has 4 rings (SSSR count). The van der Waals surface area contributed by atoms with Gasteiger partial charge < -0.3 is 4.90 Å². The lowest BCUT2D eigenvalue weighted by Gasteiger charge is -2.41. The zero-order valence-electron chi connectivity index (χ0n) is 12.1. The average molecular weight is 346 g/mol. The largest absolute Gasteiger partial charge is 0.354 e. The van der Waals surface area contributed by atoms with Crippen LogP contribution in [0.15, 0.2) is 28.9 Å². The van der Waals surface area contributed by atoms with Crippen molar-refractivity contribution in [3.8, 4) is 0 Å². The van der Waals surface area contributed by atoms with Gasteiger partial charge >= 0.3 is 0 Å². The SMILES string of the molecule is Brc1ccc2c(N3CC[C@@H]4CCCC[C@H]4C3)nncc2c1. The van der Waals surface area contributed by atoms with Crippen molar-refractivity contribution in [1.82, 2.24) is 10.2 Å². The summed E-state index contributed by atoms with van der Waals surface area (Å²) in [5.41, 5.74) is 0. The van der Waals surface area contributed by atoms with Crippen molar-refractivity contribution in [2.24, 2.45) is 11.8 Å². The molecule has 0 unspecified atom stereocenters. The van der Waals surface area contributed by atoms with Crippen LogP contribution >= 0.6 is 15.9 Å². The second-order valence-electron chi connectivity index (χ2n) is 6.44. The number of fused-ring (bicyclic) bond motifs is 2. The van der Waals surface area contributed by atoms with Gasteiger partial charge in [0.25, 0.3) is 0 Å². The van der Waals surface area contributed by atoms with Crippen molar-refractivity contribution in [2.45, 2.75) is 32.1 Å². The molecule has 0 spiro atoms. The molecule has 1 aliphatic carbocycles. The van der Waals surface area contributed by atoms with Gasteiger partial charge in [-0.2, -0.15) is 5.10 Å². The third-order valence-electron chi connectivity index (χ3n) is 5.19. The number of benzene rings is 1. The van der Waals surface area contributed by atoms with E-state index < -0.39 is 0 Å². The van der Waals surface area contributed by atoms with Crippen LogP contribution in [-0.2, 0) is 0 Å². The predicted octanol–water partition coefficient (Wildman–Crippen LogP) is 4.41. The Morgan fingerprint density at radius 1 is 1.10 bits per heavy atom. The first-order valence-electron chi connectivity index (χ1n) is 7.97. The third-order valence-corrected chi connectivity index (χ3v) is 5.69. The molecule has 0 amide bonds. The molecule has 110 valence electrons. The van der Waals surface area contributed by atoms with Gasteiger partial charge in [0.1, 0.15) is 0 Å². The van der Waals surface area contributed by atoms with Crippen LogP contribution in [-0.4, -0.2) is 23.3 Å². The summed E-state index contributed by atoms with van der Waals surface area (Å²) in [5.74, 6) is 2.89. The smallest absolute Gasteiger partial charge is 0.159 e. The molecule has 1 aromatic carbocycles. The van der Waals surface area contributed by atoms with Crippen molar-refractivity contribution >= 4 is 32.5 Å². The Balaban J connectivity index is 1.67. The molecule has 3 nitrogen and oxygen atoms in total. The highest BCUT2D eigenvalue weighted by molar-refractivity contribution is 9.10. The van der Waals surface area contributed by atoms with E-state index in [0.29, 0.717) is 0 Å². The maximum absolute atomic E-state index is 4.46. The van der Waals surface area contributed by atoms with E-state index in [1.54, 1.807) is 0 Å². The molecule has 4 heteroatoms. The number of hydrogen-bond donors (Lipinski definition) is 0. The number of nitrogens with zero attached hydrogens (tertiary/aromatic N) is 3. The molecule has 21 heavy (non-hydrogen) atoms. The van der Waals surface area contributed by atoms with E-state index in [4.69, 9.17) is 0 Å². The standard InChI is InChI=1S/C17H20BrN3/c18-15-5-6-16-14(9-15)10-19-20-17(16)21-8-7-12-3-1-2-4-13(12)11-21/h5-6,9-10,12-13H,1-4,7-8,11H2/t12-,13-/m0/s1. The Kier molecular flexibility index (Phi) is 3.57. The summed E-state index contributed by atoms with van der Waals surface area (Å²) in [6.45, 7) is 2.29. The lowest BCUT2D eigenvalue weighted by Crippen LogP contribution is -2.42. The summed E-state index contributed by atoms with van der Waals surface area (Å²) in [6, 6.07) is 6.39. The summed E-state index contributed by atoms with van der Waals surface area (Å²) >= 11 is 3.54. The van der Waals surface area contributed by atoms with Crippen LogP contribution in [0.5, 0.6) is 0 Å². The molecule has 2 atom stereocenters. The molecule has 2 fully saturated rings. The van der Waals surface area contributed by atoms with Crippen LogP contribution in [0.4, 0.5) is 5.82 Å². The van der Waals surface area contributed by atoms with Crippen molar-refractivity contribution in [2.75, 3.05) is 18.0 Å². The van der Waals surface area contributed by atoms with Gasteiger partial charge in [0, 0.05) is 28.3 Å². The van der Waals surface area contributed by atoms with Crippen LogP contribution in [0.2, 0.25) is 0 Å². The fourth-order valence-corrected chi connectivity index (χ4v) is 4.45. The molecule has 1 aromatic heterocycles. The molecule has 2 aromatic rings. The number of aromatic nitrogens is 2. The van der Waals surface area contributed by atoms with E-state index in [1.165, 1.54) is 42.9 Å². The maximum atomic E-state index is 4.46. The molecule has 2 aliphatic rings. The van der Waals surface area contributed by atoms with Crippen LogP contribution in [0.25, 0.3) is 10.8 Å². The average Bonchev–Trinajstić information content (AvgIpc) is 2.53. The van der Waals surface area contributed by atoms with E-state index in [2.05, 4.69) is 49.2 Å². The number of anilines is 1. The highest BCUT2D eigenvalue weighted by Crippen LogP contribution is 2.38. The molecule has 2 heterocycles. The molecule has 0 bridgehead atoms. The Bertz CT molecular complexity index is 658. The number of halogens is 1. The summed E-state index contributed by atoms with van der Waals surface area (Å²) in [6.07, 6.45) is 8.85. The molecule has 1 saturated heterocycles. The Labute approximate surface area is 133 Å². The first kappa shape index (κ1) is 13.5. The molecule has 1 saturated carbocycles. The zero-order valence-corrected chi connectivity index (χ0v) is 13.7. The first-order chi connectivity index (χ1) is 10.3. The van der Waals surface area contributed by atoms with Gasteiger partial charge in [0.2, 0.25) is 0 Å². The number of rotatable bonds is 1. The number of hydrogen-bond acceptors (Lipinski definition) is 3. The highest BCUT2D eigenvalue weighted by atomic mass is 79.9. The second-order valence-corrected chi connectivity index (χ2v) is 7.35. The van der Waals surface area contributed by atoms with Crippen LogP contribution in [0, 0.1) is 11.8 Å². The van der Waals surface area contributed by atoms with E-state index in [9.17, 15) is 0 Å². The summed E-state index contributed by atoms with van der Waals surface area (Å²) in [4.78, 5) is 2.47. The lowest BCUT2D eigenvalue weighted by molar-refractivity contribution is 0.202. The van der Waals surface area contributed by atoms with Gasteiger partial charge in [-0.05, 0) is 42.9 Å². The van der Waals surface area contributed by atoms with E-state index in [1.807, 2.05) is 6.20 Å². The monoisotopic (exact) mass is 345 g/mol. The highest BCUT2D eigenvalue weighted by Gasteiger charge is 2.32. The van der Waals surface area contributed by atoms with E-state index >= 15 is 0 Å². The summed E-state index contributed by atoms with van der Waals surface area (Å²) in [5, 5.41) is 11.1. The molecular weight excluding hydrogens is 326 g/mol. The quantitative estimate of drug-likeness (QED) is 0.766. The fraction of sp³-hybridized carbons (Fsp3) is 0.529. The van der Waals surface area contributed by atoms with Gasteiger partial charge in [-0.25, -0.2) is 0 Å². The second kappa shape index (κ2) is 5.56. The normalized spacial score (nSPS) is 25.9. The van der Waals surface area contributed by atoms with Crippen LogP contribution in [0.1, 0.15) is 32.1 Å². The van der Waals surface area contributed by atoms with Crippen molar-refractivity contribution < 1.29 is 0 Å². The van der Waals surface area contributed by atoms with Gasteiger partial charge in [0.05, 0.1) is 6.20 Å². The fourth-order valence-electron chi connectivity index (χ4n) is 4.07. The molecule has 0 N–H and O–H groups in total. The Hall–Kier alpha value is -1.16. The topological polar surface area (TPSA) is 29.0 Å². The minimum Gasteiger partial charge on any atom is -0.354 e. The van der Waals surface area contributed by atoms with Crippen LogP contribution in [0.3, 0.4) is 0 Å². The van der Waals surface area contributed by atoms with Gasteiger partial charge in [0.15, 0.2) is 5.82 Å². The predicted molar refractivity (Wildman–Crippen MR) is 89.5 cm³/mol. The number of piperidine rings is 1. The molecule has 0 radical (unpaired) electrons. The van der Waals surface area contributed by atoms with E-state index in [0.717, 1.165) is 35.2 Å². The third kappa shape index (κ3) is 2.54. The Morgan fingerprint density at radius 2 is 1.95 bits per heavy atom. The van der Waals surface area contributed by atoms with Gasteiger partial charge in [-0.1, -0.05) is 35.2 Å². The Morgan fingerprint density at radius 3 is 2.86 bits per heavy atom. The molecule has 1 aliphatic heterocycles. The first-order valence-corrected chi connectivity index (χ1v) is 8.76. The van der Waals surface area contributed by atoms with E-state index in [-0.39, 0.29) is 0 Å². The summed E-state index contributed by atoms with van der Waals surface area (Å²) < 4.78 is 1.10. The van der Waals surface area contributed by atoms with Crippen molar-refractivity contribution in [3.63, 3.8) is 0 Å². The van der Waals surface area contributed by atoms with Crippen molar-refractivity contribution in [1.29, 1.82) is 0 Å².